The van der Waals surface area contributed by atoms with Crippen LogP contribution in [0.15, 0.2) is 10.7 Å². The third-order valence-electron chi connectivity index (χ3n) is 2.14. The van der Waals surface area contributed by atoms with Crippen molar-refractivity contribution in [3.8, 4) is 0 Å². The van der Waals surface area contributed by atoms with Gasteiger partial charge >= 0.3 is 0 Å². The number of aliphatic hydroxyl groups is 2. The Morgan fingerprint density at radius 1 is 1.69 bits per heavy atom. The van der Waals surface area contributed by atoms with Gasteiger partial charge in [0.1, 0.15) is 12.0 Å². The van der Waals surface area contributed by atoms with Gasteiger partial charge in [-0.2, -0.15) is 4.98 Å². The molecule has 0 aromatic carbocycles. The SMILES string of the molecule is OCc1coc(N2CCC(O)C2)n1. The van der Waals surface area contributed by atoms with E-state index in [9.17, 15) is 5.11 Å². The maximum atomic E-state index is 9.26. The molecule has 13 heavy (non-hydrogen) atoms. The van der Waals surface area contributed by atoms with Crippen LogP contribution < -0.4 is 4.90 Å². The van der Waals surface area contributed by atoms with Crippen LogP contribution in [0.1, 0.15) is 12.1 Å². The first-order chi connectivity index (χ1) is 6.29. The van der Waals surface area contributed by atoms with Crippen molar-refractivity contribution in [3.63, 3.8) is 0 Å². The Bertz CT molecular complexity index is 287. The normalized spacial score (nSPS) is 22.6. The van der Waals surface area contributed by atoms with E-state index in [1.165, 1.54) is 6.26 Å². The van der Waals surface area contributed by atoms with E-state index in [-0.39, 0.29) is 12.7 Å². The molecule has 2 N–H and O–H groups in total. The van der Waals surface area contributed by atoms with Gasteiger partial charge in [-0.25, -0.2) is 0 Å². The smallest absolute Gasteiger partial charge is 0.297 e. The second-order valence-electron chi connectivity index (χ2n) is 3.17. The van der Waals surface area contributed by atoms with E-state index in [2.05, 4.69) is 4.98 Å². The van der Waals surface area contributed by atoms with Crippen LogP contribution in [0.4, 0.5) is 6.01 Å². The maximum Gasteiger partial charge on any atom is 0.297 e. The van der Waals surface area contributed by atoms with E-state index in [0.717, 1.165) is 13.0 Å². The number of anilines is 1. The molecule has 1 aromatic rings. The van der Waals surface area contributed by atoms with E-state index in [0.29, 0.717) is 18.3 Å². The first-order valence-corrected chi connectivity index (χ1v) is 4.28. The Morgan fingerprint density at radius 3 is 3.08 bits per heavy atom. The second-order valence-corrected chi connectivity index (χ2v) is 3.17. The first kappa shape index (κ1) is 8.52. The fourth-order valence-corrected chi connectivity index (χ4v) is 1.43. The molecule has 0 radical (unpaired) electrons. The van der Waals surface area contributed by atoms with Crippen molar-refractivity contribution in [2.75, 3.05) is 18.0 Å². The third kappa shape index (κ3) is 1.66. The summed E-state index contributed by atoms with van der Waals surface area (Å²) in [4.78, 5) is 5.91. The van der Waals surface area contributed by atoms with Crippen molar-refractivity contribution in [1.29, 1.82) is 0 Å². The summed E-state index contributed by atoms with van der Waals surface area (Å²) in [6, 6.07) is 0.487. The minimum Gasteiger partial charge on any atom is -0.432 e. The number of hydrogen-bond donors (Lipinski definition) is 2. The Balaban J connectivity index is 2.08. The van der Waals surface area contributed by atoms with Gasteiger partial charge in [-0.15, -0.1) is 0 Å². The second kappa shape index (κ2) is 3.35. The molecule has 1 fully saturated rings. The molecule has 2 heterocycles. The van der Waals surface area contributed by atoms with Crippen molar-refractivity contribution >= 4 is 6.01 Å². The lowest BCUT2D eigenvalue weighted by atomic mass is 10.3. The molecular weight excluding hydrogens is 172 g/mol. The van der Waals surface area contributed by atoms with Crippen molar-refractivity contribution in [2.24, 2.45) is 0 Å². The average Bonchev–Trinajstić information content (AvgIpc) is 2.71. The number of aliphatic hydroxyl groups excluding tert-OH is 2. The number of nitrogens with zero attached hydrogens (tertiary/aromatic N) is 2. The Hall–Kier alpha value is -1.07. The van der Waals surface area contributed by atoms with Gasteiger partial charge in [-0.1, -0.05) is 0 Å². The predicted molar refractivity (Wildman–Crippen MR) is 45.3 cm³/mol. The molecule has 1 atom stereocenters. The summed E-state index contributed by atoms with van der Waals surface area (Å²) < 4.78 is 5.13. The quantitative estimate of drug-likeness (QED) is 0.662. The molecule has 0 amide bonds. The maximum absolute atomic E-state index is 9.26. The highest BCUT2D eigenvalue weighted by Gasteiger charge is 2.23. The molecule has 5 heteroatoms. The topological polar surface area (TPSA) is 69.7 Å². The Labute approximate surface area is 75.6 Å². The highest BCUT2D eigenvalue weighted by Crippen LogP contribution is 2.19. The molecule has 1 saturated heterocycles. The van der Waals surface area contributed by atoms with Gasteiger partial charge in [-0.05, 0) is 6.42 Å². The third-order valence-corrected chi connectivity index (χ3v) is 2.14. The van der Waals surface area contributed by atoms with Crippen LogP contribution >= 0.6 is 0 Å². The van der Waals surface area contributed by atoms with Crippen LogP contribution in [-0.2, 0) is 6.61 Å². The molecular formula is C8H12N2O3. The van der Waals surface area contributed by atoms with Gasteiger partial charge in [0.05, 0.1) is 12.7 Å². The standard InChI is InChI=1S/C8H12N2O3/c11-4-6-5-13-8(9-6)10-2-1-7(12)3-10/h5,7,11-12H,1-4H2. The number of β-amino-alcohol motifs (C(OH)–C–C–N with tert-alkyl or cyclic N) is 1. The highest BCUT2D eigenvalue weighted by molar-refractivity contribution is 5.29. The van der Waals surface area contributed by atoms with Crippen LogP contribution in [0.5, 0.6) is 0 Å². The summed E-state index contributed by atoms with van der Waals surface area (Å²) in [7, 11) is 0. The van der Waals surface area contributed by atoms with E-state index >= 15 is 0 Å². The van der Waals surface area contributed by atoms with Crippen LogP contribution in [0.25, 0.3) is 0 Å². The molecule has 1 aromatic heterocycles. The lowest BCUT2D eigenvalue weighted by molar-refractivity contribution is 0.198. The largest absolute Gasteiger partial charge is 0.432 e. The van der Waals surface area contributed by atoms with E-state index < -0.39 is 0 Å². The summed E-state index contributed by atoms with van der Waals surface area (Å²) >= 11 is 0. The summed E-state index contributed by atoms with van der Waals surface area (Å²) in [6.07, 6.45) is 1.89. The molecule has 0 spiro atoms. The van der Waals surface area contributed by atoms with Crippen LogP contribution in [0.3, 0.4) is 0 Å². The Kier molecular flexibility index (Phi) is 2.20. The molecule has 5 nitrogen and oxygen atoms in total. The van der Waals surface area contributed by atoms with Crippen LogP contribution in [-0.4, -0.2) is 34.4 Å². The van der Waals surface area contributed by atoms with Gasteiger partial charge in [0.25, 0.3) is 6.01 Å². The molecule has 2 rings (SSSR count). The molecule has 1 aliphatic heterocycles. The summed E-state index contributed by atoms with van der Waals surface area (Å²) in [5.41, 5.74) is 0.524. The lowest BCUT2D eigenvalue weighted by Crippen LogP contribution is -2.21. The minimum absolute atomic E-state index is 0.111. The van der Waals surface area contributed by atoms with Crippen molar-refractivity contribution < 1.29 is 14.6 Å². The summed E-state index contributed by atoms with van der Waals surface area (Å²) in [5.74, 6) is 0. The molecule has 72 valence electrons. The zero-order valence-corrected chi connectivity index (χ0v) is 7.18. The monoisotopic (exact) mass is 184 g/mol. The fraction of sp³-hybridized carbons (Fsp3) is 0.625. The van der Waals surface area contributed by atoms with Gasteiger partial charge in [-0.3, -0.25) is 0 Å². The van der Waals surface area contributed by atoms with Crippen LogP contribution in [0.2, 0.25) is 0 Å². The molecule has 0 saturated carbocycles. The minimum atomic E-state index is -0.288. The van der Waals surface area contributed by atoms with Gasteiger partial charge in [0, 0.05) is 13.1 Å². The molecule has 0 bridgehead atoms. The molecule has 1 unspecified atom stereocenters. The zero-order chi connectivity index (χ0) is 9.26. The Morgan fingerprint density at radius 2 is 2.54 bits per heavy atom. The molecule has 1 aliphatic rings. The summed E-state index contributed by atoms with van der Waals surface area (Å²) in [6.45, 7) is 1.21. The number of aromatic nitrogens is 1. The van der Waals surface area contributed by atoms with Gasteiger partial charge in [0.15, 0.2) is 0 Å². The van der Waals surface area contributed by atoms with Gasteiger partial charge in [0.2, 0.25) is 0 Å². The number of rotatable bonds is 2. The van der Waals surface area contributed by atoms with Crippen molar-refractivity contribution in [1.82, 2.24) is 4.98 Å². The fourth-order valence-electron chi connectivity index (χ4n) is 1.43. The predicted octanol–water partition coefficient (Wildman–Crippen LogP) is -0.262. The van der Waals surface area contributed by atoms with E-state index in [1.807, 2.05) is 4.90 Å². The van der Waals surface area contributed by atoms with Crippen LogP contribution in [0, 0.1) is 0 Å². The average molecular weight is 184 g/mol. The van der Waals surface area contributed by atoms with Gasteiger partial charge < -0.3 is 19.5 Å². The number of hydrogen-bond acceptors (Lipinski definition) is 5. The zero-order valence-electron chi connectivity index (χ0n) is 7.18. The highest BCUT2D eigenvalue weighted by atomic mass is 16.4. The lowest BCUT2D eigenvalue weighted by Gasteiger charge is -2.10. The molecule has 0 aliphatic carbocycles. The van der Waals surface area contributed by atoms with E-state index in [1.54, 1.807) is 0 Å². The van der Waals surface area contributed by atoms with Crippen molar-refractivity contribution in [2.45, 2.75) is 19.1 Å². The summed E-state index contributed by atoms with van der Waals surface area (Å²) in [5, 5.41) is 18.0. The number of oxazole rings is 1. The van der Waals surface area contributed by atoms with Crippen molar-refractivity contribution in [3.05, 3.63) is 12.0 Å². The van der Waals surface area contributed by atoms with E-state index in [4.69, 9.17) is 9.52 Å². The first-order valence-electron chi connectivity index (χ1n) is 4.28.